The molecule has 14 nitrogen and oxygen atoms in total. The van der Waals surface area contributed by atoms with Crippen molar-refractivity contribution in [2.45, 2.75) is 53.4 Å². The highest BCUT2D eigenvalue weighted by Crippen LogP contribution is 2.29. The summed E-state index contributed by atoms with van der Waals surface area (Å²) in [6.07, 6.45) is 11.1. The summed E-state index contributed by atoms with van der Waals surface area (Å²) in [5, 5.41) is 0. The second kappa shape index (κ2) is 33.4. The molecule has 14 heteroatoms. The molecule has 4 unspecified atom stereocenters. The number of carbonyl (C=O) groups is 4. The molecule has 0 aromatic heterocycles. The summed E-state index contributed by atoms with van der Waals surface area (Å²) >= 11 is 0. The van der Waals surface area contributed by atoms with Crippen molar-refractivity contribution < 1.29 is 47.6 Å². The Kier molecular flexibility index (Phi) is 30.3. The van der Waals surface area contributed by atoms with Gasteiger partial charge in [-0.25, -0.2) is 0 Å². The lowest BCUT2D eigenvalue weighted by molar-refractivity contribution is -0.137. The van der Waals surface area contributed by atoms with Crippen LogP contribution in [0.2, 0.25) is 0 Å². The van der Waals surface area contributed by atoms with E-state index < -0.39 is 0 Å². The first-order valence-corrected chi connectivity index (χ1v) is 21.1. The first kappa shape index (κ1) is 52.6. The van der Waals surface area contributed by atoms with E-state index in [1.165, 1.54) is 0 Å². The van der Waals surface area contributed by atoms with Crippen LogP contribution >= 0.6 is 0 Å². The molecule has 0 N–H and O–H groups in total. The summed E-state index contributed by atoms with van der Waals surface area (Å²) < 4.78 is 32.4. The molecule has 4 atom stereocenters. The Labute approximate surface area is 349 Å². The van der Waals surface area contributed by atoms with Crippen molar-refractivity contribution in [3.8, 4) is 0 Å². The number of rotatable bonds is 32. The first-order chi connectivity index (χ1) is 28.1. The van der Waals surface area contributed by atoms with Gasteiger partial charge in [0.2, 0.25) is 23.6 Å². The molecular weight excluding hydrogens is 745 g/mol. The van der Waals surface area contributed by atoms with Gasteiger partial charge in [0.25, 0.3) is 0 Å². The quantitative estimate of drug-likeness (QED) is 0.0716. The molecule has 2 aliphatic heterocycles. The molecule has 0 saturated carbocycles. The third-order valence-corrected chi connectivity index (χ3v) is 10.4. The van der Waals surface area contributed by atoms with Gasteiger partial charge < -0.3 is 48.0 Å². The minimum Gasteiger partial charge on any atom is -0.377 e. The van der Waals surface area contributed by atoms with Crippen LogP contribution in [0.4, 0.5) is 0 Å². The fraction of sp³-hybridized carbons (Fsp3) is 0.727. The smallest absolute Gasteiger partial charge is 0.249 e. The molecule has 2 heterocycles. The van der Waals surface area contributed by atoms with E-state index in [1.807, 2.05) is 9.80 Å². The van der Waals surface area contributed by atoms with Crippen LogP contribution in [-0.4, -0.2) is 175 Å². The van der Waals surface area contributed by atoms with Crippen LogP contribution < -0.4 is 0 Å². The van der Waals surface area contributed by atoms with Crippen LogP contribution in [0.1, 0.15) is 53.4 Å². The second-order valence-electron chi connectivity index (χ2n) is 14.5. The first-order valence-electron chi connectivity index (χ1n) is 21.1. The zero-order valence-electron chi connectivity index (χ0n) is 36.3. The Bertz CT molecular complexity index is 1070. The molecule has 0 aliphatic carbocycles. The number of hydrogen-bond acceptors (Lipinski definition) is 10. The van der Waals surface area contributed by atoms with Crippen molar-refractivity contribution in [1.29, 1.82) is 0 Å². The molecule has 2 fully saturated rings. The Morgan fingerprint density at radius 1 is 0.448 bits per heavy atom. The average molecular weight is 821 g/mol. The predicted octanol–water partition coefficient (Wildman–Crippen LogP) is 4.26. The Balaban J connectivity index is 0.000000587. The highest BCUT2D eigenvalue weighted by Gasteiger charge is 2.33. The van der Waals surface area contributed by atoms with Gasteiger partial charge in [0.1, 0.15) is 26.4 Å². The molecule has 4 amide bonds. The minimum absolute atomic E-state index is 0.0154. The van der Waals surface area contributed by atoms with E-state index in [0.717, 1.165) is 51.9 Å². The normalized spacial score (nSPS) is 18.6. The molecule has 0 aromatic carbocycles. The monoisotopic (exact) mass is 821 g/mol. The number of carbonyl (C=O) groups excluding carboxylic acids is 4. The number of amides is 4. The molecule has 0 aromatic rings. The van der Waals surface area contributed by atoms with Crippen LogP contribution in [0.3, 0.4) is 0 Å². The Morgan fingerprint density at radius 3 is 0.931 bits per heavy atom. The molecule has 0 spiro atoms. The predicted molar refractivity (Wildman–Crippen MR) is 227 cm³/mol. The van der Waals surface area contributed by atoms with Crippen molar-refractivity contribution >= 4 is 23.6 Å². The minimum atomic E-state index is -0.125. The van der Waals surface area contributed by atoms with E-state index >= 15 is 0 Å². The van der Waals surface area contributed by atoms with Gasteiger partial charge in [-0.2, -0.15) is 0 Å². The summed E-state index contributed by atoms with van der Waals surface area (Å²) in [5.41, 5.74) is 0. The van der Waals surface area contributed by atoms with Crippen molar-refractivity contribution in [3.05, 3.63) is 50.6 Å². The van der Waals surface area contributed by atoms with Gasteiger partial charge in [-0.3, -0.25) is 19.2 Å². The molecule has 58 heavy (non-hydrogen) atoms. The molecular formula is C44H76N4O10. The van der Waals surface area contributed by atoms with Crippen LogP contribution in [0.15, 0.2) is 50.6 Å². The summed E-state index contributed by atoms with van der Waals surface area (Å²) in [4.78, 5) is 55.5. The summed E-state index contributed by atoms with van der Waals surface area (Å²) in [7, 11) is 0. The zero-order valence-corrected chi connectivity index (χ0v) is 36.3. The lowest BCUT2D eigenvalue weighted by Gasteiger charge is -2.19. The second-order valence-corrected chi connectivity index (χ2v) is 14.5. The summed E-state index contributed by atoms with van der Waals surface area (Å²) in [6.45, 7) is 31.6. The molecule has 0 radical (unpaired) electrons. The van der Waals surface area contributed by atoms with Gasteiger partial charge in [0.05, 0.1) is 52.9 Å². The fourth-order valence-electron chi connectivity index (χ4n) is 6.99. The summed E-state index contributed by atoms with van der Waals surface area (Å²) in [6, 6.07) is 0. The number of ether oxygens (including phenoxy) is 6. The zero-order chi connectivity index (χ0) is 43.0. The third-order valence-electron chi connectivity index (χ3n) is 10.4. The van der Waals surface area contributed by atoms with Crippen molar-refractivity contribution in [2.75, 3.05) is 132 Å². The number of hydrogen-bond donors (Lipinski definition) is 0. The number of nitrogens with zero attached hydrogens (tertiary/aromatic N) is 4. The van der Waals surface area contributed by atoms with E-state index in [0.29, 0.717) is 103 Å². The SMILES string of the molecule is C=CCN(CC=C)C(=O)COCCOCCOCC(=O)N(CC=C)CC=C.CCC1CN(C(=O)COCCOCCOCC(=O)N2CC(CC)C(CC)C2)CC1CC. The molecule has 2 saturated heterocycles. The highest BCUT2D eigenvalue weighted by molar-refractivity contribution is 5.79. The van der Waals surface area contributed by atoms with Crippen molar-refractivity contribution in [2.24, 2.45) is 23.7 Å². The number of likely N-dealkylation sites (tertiary alicyclic amines) is 2. The molecule has 332 valence electrons. The van der Waals surface area contributed by atoms with Gasteiger partial charge in [-0.1, -0.05) is 77.7 Å². The molecule has 2 aliphatic rings. The van der Waals surface area contributed by atoms with Crippen molar-refractivity contribution in [1.82, 2.24) is 19.6 Å². The van der Waals surface area contributed by atoms with E-state index in [-0.39, 0.29) is 50.1 Å². The van der Waals surface area contributed by atoms with E-state index in [2.05, 4.69) is 54.0 Å². The van der Waals surface area contributed by atoms with E-state index in [4.69, 9.17) is 28.4 Å². The van der Waals surface area contributed by atoms with Crippen molar-refractivity contribution in [3.63, 3.8) is 0 Å². The van der Waals surface area contributed by atoms with Crippen LogP contribution in [-0.2, 0) is 47.6 Å². The Morgan fingerprint density at radius 2 is 0.690 bits per heavy atom. The van der Waals surface area contributed by atoms with Gasteiger partial charge in [0.15, 0.2) is 0 Å². The maximum Gasteiger partial charge on any atom is 0.249 e. The molecule has 2 rings (SSSR count). The lowest BCUT2D eigenvalue weighted by atomic mass is 9.92. The highest BCUT2D eigenvalue weighted by atomic mass is 16.6. The maximum atomic E-state index is 12.3. The van der Waals surface area contributed by atoms with Crippen LogP contribution in [0.5, 0.6) is 0 Å². The van der Waals surface area contributed by atoms with Crippen LogP contribution in [0, 0.1) is 23.7 Å². The van der Waals surface area contributed by atoms with Crippen LogP contribution in [0.25, 0.3) is 0 Å². The van der Waals surface area contributed by atoms with E-state index in [1.54, 1.807) is 34.1 Å². The standard InChI is InChI=1S/C24H44N2O5.C20H32N2O5/c1-5-19-13-25(14-20(19)6-2)23(27)17-30-11-9-29-10-12-31-18-24(28)26-15-21(7-3)22(8-4)16-26;1-5-9-21(10-6-2)19(23)17-26-15-13-25-14-16-27-18-20(24)22(11-7-3)12-8-4/h19-22H,5-18H2,1-4H3;5-8H,1-4,9-18H2. The fourth-order valence-corrected chi connectivity index (χ4v) is 6.99. The maximum absolute atomic E-state index is 12.3. The van der Waals surface area contributed by atoms with E-state index in [9.17, 15) is 19.2 Å². The van der Waals surface area contributed by atoms with Gasteiger partial charge in [-0.15, -0.1) is 26.3 Å². The van der Waals surface area contributed by atoms with Gasteiger partial charge >= 0.3 is 0 Å². The van der Waals surface area contributed by atoms with Gasteiger partial charge in [0, 0.05) is 52.4 Å². The average Bonchev–Trinajstić information content (AvgIpc) is 3.86. The van der Waals surface area contributed by atoms with Gasteiger partial charge in [-0.05, 0) is 23.7 Å². The third kappa shape index (κ3) is 21.6. The molecule has 0 bridgehead atoms. The summed E-state index contributed by atoms with van der Waals surface area (Å²) in [5.74, 6) is 2.39. The largest absolute Gasteiger partial charge is 0.377 e. The topological polar surface area (TPSA) is 137 Å². The Hall–Kier alpha value is -3.40. The lowest BCUT2D eigenvalue weighted by Crippen LogP contribution is -2.34.